The lowest BCUT2D eigenvalue weighted by atomic mass is 9.78. The van der Waals surface area contributed by atoms with Crippen LogP contribution in [0.4, 0.5) is 4.79 Å². The van der Waals surface area contributed by atoms with E-state index >= 15 is 0 Å². The topological polar surface area (TPSA) is 62.6 Å². The SMILES string of the molecule is C[SiH](C)O[C@]1(CCCC#N)C[C@H](C(C)(C)C)CN1C(=O)OCc1ccccc1. The molecule has 2 rings (SSSR count). The average molecular weight is 403 g/mol. The van der Waals surface area contributed by atoms with Gasteiger partial charge in [0.25, 0.3) is 0 Å². The van der Waals surface area contributed by atoms with Crippen LogP contribution in [0.5, 0.6) is 0 Å². The van der Waals surface area contributed by atoms with Crippen molar-refractivity contribution in [2.24, 2.45) is 11.3 Å². The fraction of sp³-hybridized carbons (Fsp3) is 0.636. The summed E-state index contributed by atoms with van der Waals surface area (Å²) in [5.41, 5.74) is 0.386. The zero-order chi connectivity index (χ0) is 20.8. The lowest BCUT2D eigenvalue weighted by Gasteiger charge is -2.39. The molecule has 0 saturated carbocycles. The molecule has 154 valence electrons. The number of ether oxygens (including phenoxy) is 1. The van der Waals surface area contributed by atoms with Crippen molar-refractivity contribution in [3.63, 3.8) is 0 Å². The third-order valence-electron chi connectivity index (χ3n) is 5.42. The number of hydrogen-bond acceptors (Lipinski definition) is 4. The minimum atomic E-state index is -1.42. The number of benzene rings is 1. The molecule has 0 bridgehead atoms. The Kier molecular flexibility index (Phi) is 7.68. The maximum atomic E-state index is 13.1. The molecule has 0 spiro atoms. The molecule has 5 nitrogen and oxygen atoms in total. The number of carbonyl (C=O) groups excluding carboxylic acids is 1. The van der Waals surface area contributed by atoms with Crippen molar-refractivity contribution in [3.8, 4) is 6.07 Å². The lowest BCUT2D eigenvalue weighted by molar-refractivity contribution is -0.0609. The minimum absolute atomic E-state index is 0.0663. The standard InChI is InChI=1S/C22H34N2O3Si/c1-21(2,3)19-15-22(27-28(4)5,13-9-10-14-23)24(16-19)20(25)26-17-18-11-7-6-8-12-18/h6-8,11-12,19,28H,9-10,13,15-17H2,1-5H3/t19-,22+/m0/s1. The molecule has 28 heavy (non-hydrogen) atoms. The molecule has 0 radical (unpaired) electrons. The number of nitrogens with zero attached hydrogens (tertiary/aromatic N) is 2. The molecule has 1 aromatic carbocycles. The quantitative estimate of drug-likeness (QED) is 0.471. The Balaban J connectivity index is 2.23. The predicted octanol–water partition coefficient (Wildman–Crippen LogP) is 5.08. The maximum absolute atomic E-state index is 13.1. The van der Waals surface area contributed by atoms with Crippen LogP contribution in [0.2, 0.25) is 13.1 Å². The molecule has 0 aliphatic carbocycles. The third kappa shape index (κ3) is 5.83. The summed E-state index contributed by atoms with van der Waals surface area (Å²) in [6, 6.07) is 11.9. The van der Waals surface area contributed by atoms with Crippen LogP contribution < -0.4 is 0 Å². The third-order valence-corrected chi connectivity index (χ3v) is 6.33. The molecule has 1 aliphatic heterocycles. The number of likely N-dealkylation sites (tertiary alicyclic amines) is 1. The predicted molar refractivity (Wildman–Crippen MR) is 113 cm³/mol. The summed E-state index contributed by atoms with van der Waals surface area (Å²) in [7, 11) is -1.42. The van der Waals surface area contributed by atoms with Crippen LogP contribution >= 0.6 is 0 Å². The molecule has 0 unspecified atom stereocenters. The van der Waals surface area contributed by atoms with E-state index in [0.717, 1.165) is 18.4 Å². The minimum Gasteiger partial charge on any atom is -0.444 e. The van der Waals surface area contributed by atoms with E-state index in [1.54, 1.807) is 0 Å². The van der Waals surface area contributed by atoms with E-state index in [4.69, 9.17) is 14.4 Å². The van der Waals surface area contributed by atoms with E-state index in [1.165, 1.54) is 0 Å². The first-order chi connectivity index (χ1) is 13.2. The Morgan fingerprint density at radius 1 is 1.32 bits per heavy atom. The van der Waals surface area contributed by atoms with Crippen LogP contribution in [0.3, 0.4) is 0 Å². The molecular formula is C22H34N2O3Si. The summed E-state index contributed by atoms with van der Waals surface area (Å²) in [5.74, 6) is 0.326. The van der Waals surface area contributed by atoms with Gasteiger partial charge in [-0.2, -0.15) is 5.26 Å². The van der Waals surface area contributed by atoms with Gasteiger partial charge in [-0.05, 0) is 49.3 Å². The van der Waals surface area contributed by atoms with Crippen LogP contribution in [-0.2, 0) is 15.8 Å². The van der Waals surface area contributed by atoms with Crippen LogP contribution in [0.15, 0.2) is 30.3 Å². The summed E-state index contributed by atoms with van der Waals surface area (Å²) in [4.78, 5) is 14.9. The molecule has 0 aromatic heterocycles. The van der Waals surface area contributed by atoms with E-state index in [2.05, 4.69) is 39.9 Å². The Morgan fingerprint density at radius 2 is 2.00 bits per heavy atom. The van der Waals surface area contributed by atoms with E-state index < -0.39 is 14.8 Å². The van der Waals surface area contributed by atoms with Crippen molar-refractivity contribution in [1.82, 2.24) is 4.90 Å². The van der Waals surface area contributed by atoms with Gasteiger partial charge >= 0.3 is 6.09 Å². The molecule has 1 fully saturated rings. The highest BCUT2D eigenvalue weighted by molar-refractivity contribution is 6.48. The van der Waals surface area contributed by atoms with Crippen molar-refractivity contribution >= 4 is 15.1 Å². The van der Waals surface area contributed by atoms with Gasteiger partial charge in [0.05, 0.1) is 6.07 Å². The first kappa shape index (κ1) is 22.4. The number of carbonyl (C=O) groups is 1. The van der Waals surface area contributed by atoms with Gasteiger partial charge in [-0.3, -0.25) is 4.90 Å². The number of nitriles is 1. The second-order valence-corrected chi connectivity index (χ2v) is 11.4. The van der Waals surface area contributed by atoms with Crippen molar-refractivity contribution < 1.29 is 14.0 Å². The number of rotatable bonds is 7. The first-order valence-electron chi connectivity index (χ1n) is 10.2. The van der Waals surface area contributed by atoms with Gasteiger partial charge in [-0.1, -0.05) is 51.1 Å². The lowest BCUT2D eigenvalue weighted by Crippen LogP contribution is -2.51. The molecule has 0 N–H and O–H groups in total. The maximum Gasteiger partial charge on any atom is 0.412 e. The summed E-state index contributed by atoms with van der Waals surface area (Å²) in [5, 5.41) is 8.99. The highest BCUT2D eigenvalue weighted by Gasteiger charge is 2.52. The molecule has 1 amide bonds. The average Bonchev–Trinajstić information content (AvgIpc) is 3.00. The molecule has 1 saturated heterocycles. The first-order valence-corrected chi connectivity index (χ1v) is 13.0. The Bertz CT molecular complexity index is 681. The summed E-state index contributed by atoms with van der Waals surface area (Å²) >= 11 is 0. The Labute approximate surface area is 171 Å². The number of amides is 1. The Morgan fingerprint density at radius 3 is 2.57 bits per heavy atom. The molecule has 2 atom stereocenters. The second kappa shape index (κ2) is 9.57. The van der Waals surface area contributed by atoms with Crippen LogP contribution in [-0.4, -0.2) is 32.3 Å². The molecule has 6 heteroatoms. The van der Waals surface area contributed by atoms with Gasteiger partial charge < -0.3 is 9.16 Å². The fourth-order valence-electron chi connectivity index (χ4n) is 3.85. The molecule has 1 heterocycles. The highest BCUT2D eigenvalue weighted by Crippen LogP contribution is 2.45. The zero-order valence-electron chi connectivity index (χ0n) is 17.9. The second-order valence-electron chi connectivity index (χ2n) is 9.04. The zero-order valence-corrected chi connectivity index (χ0v) is 19.1. The monoisotopic (exact) mass is 402 g/mol. The number of unbranched alkanes of at least 4 members (excludes halogenated alkanes) is 1. The van der Waals surface area contributed by atoms with Crippen molar-refractivity contribution in [2.75, 3.05) is 6.54 Å². The molecule has 1 aromatic rings. The normalized spacial score (nSPS) is 22.3. The smallest absolute Gasteiger partial charge is 0.412 e. The van der Waals surface area contributed by atoms with Gasteiger partial charge in [0, 0.05) is 13.0 Å². The fourth-order valence-corrected chi connectivity index (χ4v) is 5.07. The van der Waals surface area contributed by atoms with Gasteiger partial charge in [0.1, 0.15) is 12.3 Å². The number of hydrogen-bond donors (Lipinski definition) is 0. The Hall–Kier alpha value is -1.84. The van der Waals surface area contributed by atoms with Crippen molar-refractivity contribution in [1.29, 1.82) is 5.26 Å². The van der Waals surface area contributed by atoms with Crippen LogP contribution in [0, 0.1) is 22.7 Å². The summed E-state index contributed by atoms with van der Waals surface area (Å²) in [6.45, 7) is 11.8. The summed E-state index contributed by atoms with van der Waals surface area (Å²) < 4.78 is 12.2. The van der Waals surface area contributed by atoms with E-state index in [1.807, 2.05) is 35.2 Å². The van der Waals surface area contributed by atoms with Crippen molar-refractivity contribution in [2.45, 2.75) is 71.9 Å². The van der Waals surface area contributed by atoms with Crippen molar-refractivity contribution in [3.05, 3.63) is 35.9 Å². The van der Waals surface area contributed by atoms with Gasteiger partial charge in [-0.25, -0.2) is 4.79 Å². The largest absolute Gasteiger partial charge is 0.444 e. The molecule has 1 aliphatic rings. The van der Waals surface area contributed by atoms with Crippen LogP contribution in [0.25, 0.3) is 0 Å². The van der Waals surface area contributed by atoms with Gasteiger partial charge in [0.2, 0.25) is 0 Å². The highest BCUT2D eigenvalue weighted by atomic mass is 28.3. The van der Waals surface area contributed by atoms with E-state index in [0.29, 0.717) is 25.3 Å². The van der Waals surface area contributed by atoms with Gasteiger partial charge in [0.15, 0.2) is 9.04 Å². The van der Waals surface area contributed by atoms with E-state index in [9.17, 15) is 4.79 Å². The summed E-state index contributed by atoms with van der Waals surface area (Å²) in [6.07, 6.45) is 2.35. The van der Waals surface area contributed by atoms with Crippen LogP contribution in [0.1, 0.15) is 52.0 Å². The van der Waals surface area contributed by atoms with Gasteiger partial charge in [-0.15, -0.1) is 0 Å². The van der Waals surface area contributed by atoms with E-state index in [-0.39, 0.29) is 18.1 Å². The molecular weight excluding hydrogens is 368 g/mol.